The van der Waals surface area contributed by atoms with E-state index in [1.54, 1.807) is 0 Å². The Labute approximate surface area is 81.5 Å². The van der Waals surface area contributed by atoms with E-state index in [-0.39, 0.29) is 0 Å². The molecule has 74 valence electrons. The zero-order valence-corrected chi connectivity index (χ0v) is 8.98. The Kier molecular flexibility index (Phi) is 5.94. The van der Waals surface area contributed by atoms with Gasteiger partial charge >= 0.3 is 0 Å². The summed E-state index contributed by atoms with van der Waals surface area (Å²) in [5.74, 6) is 0.920. The lowest BCUT2D eigenvalue weighted by Crippen LogP contribution is -2.25. The molecular formula is C11H20N2. The van der Waals surface area contributed by atoms with E-state index < -0.39 is 0 Å². The lowest BCUT2D eigenvalue weighted by molar-refractivity contribution is 0.802. The zero-order chi connectivity index (χ0) is 10.3. The molecule has 2 nitrogen and oxygen atoms in total. The second kappa shape index (κ2) is 6.46. The number of amidine groups is 1. The van der Waals surface area contributed by atoms with Gasteiger partial charge in [0.05, 0.1) is 0 Å². The topological polar surface area (TPSA) is 24.4 Å². The fourth-order valence-corrected chi connectivity index (χ4v) is 1.04. The molecular weight excluding hydrogens is 160 g/mol. The average molecular weight is 180 g/mol. The van der Waals surface area contributed by atoms with Crippen LogP contribution in [-0.4, -0.2) is 12.4 Å². The van der Waals surface area contributed by atoms with Crippen LogP contribution in [0.4, 0.5) is 0 Å². The smallest absolute Gasteiger partial charge is 0.127 e. The van der Waals surface area contributed by atoms with Crippen molar-refractivity contribution < 1.29 is 0 Å². The Morgan fingerprint density at radius 2 is 2.08 bits per heavy atom. The molecule has 1 aliphatic rings. The first-order valence-corrected chi connectivity index (χ1v) is 4.85. The molecule has 2 heteroatoms. The molecule has 1 aliphatic heterocycles. The highest BCUT2D eigenvalue weighted by atomic mass is 15.0. The third-order valence-corrected chi connectivity index (χ3v) is 1.57. The van der Waals surface area contributed by atoms with Gasteiger partial charge in [0, 0.05) is 12.2 Å². The monoisotopic (exact) mass is 180 g/mol. The van der Waals surface area contributed by atoms with E-state index in [1.165, 1.54) is 0 Å². The summed E-state index contributed by atoms with van der Waals surface area (Å²) in [4.78, 5) is 4.30. The maximum Gasteiger partial charge on any atom is 0.127 e. The van der Waals surface area contributed by atoms with E-state index in [1.807, 2.05) is 20.8 Å². The summed E-state index contributed by atoms with van der Waals surface area (Å²) >= 11 is 0. The van der Waals surface area contributed by atoms with Crippen molar-refractivity contribution in [1.29, 1.82) is 0 Å². The van der Waals surface area contributed by atoms with Crippen LogP contribution in [0.3, 0.4) is 0 Å². The molecule has 0 aliphatic carbocycles. The summed E-state index contributed by atoms with van der Waals surface area (Å²) in [7, 11) is 0. The molecule has 0 aromatic carbocycles. The molecule has 0 fully saturated rings. The van der Waals surface area contributed by atoms with Crippen molar-refractivity contribution in [2.45, 2.75) is 33.6 Å². The third-order valence-electron chi connectivity index (χ3n) is 1.57. The van der Waals surface area contributed by atoms with Crippen LogP contribution in [0.25, 0.3) is 0 Å². The molecule has 0 saturated heterocycles. The van der Waals surface area contributed by atoms with Crippen molar-refractivity contribution in [1.82, 2.24) is 5.32 Å². The Bertz CT molecular complexity index is 214. The predicted octanol–water partition coefficient (Wildman–Crippen LogP) is 2.88. The lowest BCUT2D eigenvalue weighted by Gasteiger charge is -2.15. The van der Waals surface area contributed by atoms with E-state index in [0.717, 1.165) is 36.5 Å². The van der Waals surface area contributed by atoms with Crippen molar-refractivity contribution in [2.24, 2.45) is 4.99 Å². The molecule has 1 rings (SSSR count). The minimum absolute atomic E-state index is 0.911. The number of hydrogen-bond acceptors (Lipinski definition) is 2. The Balaban J connectivity index is 0.000000671. The molecule has 0 saturated carbocycles. The number of allylic oxidation sites excluding steroid dienone is 1. The van der Waals surface area contributed by atoms with E-state index >= 15 is 0 Å². The summed E-state index contributed by atoms with van der Waals surface area (Å²) < 4.78 is 0. The Morgan fingerprint density at radius 1 is 1.46 bits per heavy atom. The molecule has 0 atom stereocenters. The van der Waals surface area contributed by atoms with Crippen molar-refractivity contribution >= 4 is 5.84 Å². The van der Waals surface area contributed by atoms with Crippen LogP contribution >= 0.6 is 0 Å². The van der Waals surface area contributed by atoms with Gasteiger partial charge in [-0.1, -0.05) is 27.0 Å². The summed E-state index contributed by atoms with van der Waals surface area (Å²) in [6.45, 7) is 14.5. The van der Waals surface area contributed by atoms with E-state index in [0.29, 0.717) is 0 Å². The van der Waals surface area contributed by atoms with Gasteiger partial charge in [-0.3, -0.25) is 4.99 Å². The number of nitrogens with one attached hydrogen (secondary N) is 1. The zero-order valence-electron chi connectivity index (χ0n) is 8.98. The van der Waals surface area contributed by atoms with Crippen molar-refractivity contribution in [2.75, 3.05) is 6.54 Å². The first-order chi connectivity index (χ1) is 6.20. The average Bonchev–Trinajstić information content (AvgIpc) is 2.12. The highest BCUT2D eigenvalue weighted by Gasteiger charge is 2.08. The summed E-state index contributed by atoms with van der Waals surface area (Å²) in [5.41, 5.74) is 2.02. The van der Waals surface area contributed by atoms with Gasteiger partial charge in [0.1, 0.15) is 5.84 Å². The van der Waals surface area contributed by atoms with Crippen LogP contribution in [-0.2, 0) is 0 Å². The van der Waals surface area contributed by atoms with Crippen LogP contribution in [0.2, 0.25) is 0 Å². The fourth-order valence-electron chi connectivity index (χ4n) is 1.04. The van der Waals surface area contributed by atoms with Crippen LogP contribution in [0, 0.1) is 0 Å². The quantitative estimate of drug-likeness (QED) is 0.659. The molecule has 13 heavy (non-hydrogen) atoms. The van der Waals surface area contributed by atoms with Crippen molar-refractivity contribution in [3.05, 3.63) is 24.4 Å². The van der Waals surface area contributed by atoms with Gasteiger partial charge in [0.25, 0.3) is 0 Å². The van der Waals surface area contributed by atoms with Crippen LogP contribution < -0.4 is 5.32 Å². The maximum absolute atomic E-state index is 4.30. The highest BCUT2D eigenvalue weighted by molar-refractivity contribution is 5.99. The number of hydrogen-bond donors (Lipinski definition) is 1. The molecule has 0 spiro atoms. The van der Waals surface area contributed by atoms with E-state index in [2.05, 4.69) is 23.5 Å². The van der Waals surface area contributed by atoms with Crippen LogP contribution in [0.5, 0.6) is 0 Å². The van der Waals surface area contributed by atoms with Gasteiger partial charge in [-0.05, 0) is 25.3 Å². The van der Waals surface area contributed by atoms with E-state index in [9.17, 15) is 0 Å². The molecule has 1 heterocycles. The van der Waals surface area contributed by atoms with Crippen LogP contribution in [0.1, 0.15) is 33.6 Å². The normalized spacial score (nSPS) is 15.3. The SMILES string of the molecule is C=C(C)NC1=NCCCC1=C.CC. The number of aliphatic imine (C=N–C) groups is 1. The van der Waals surface area contributed by atoms with Crippen molar-refractivity contribution in [3.8, 4) is 0 Å². The third kappa shape index (κ3) is 4.51. The molecule has 0 unspecified atom stereocenters. The van der Waals surface area contributed by atoms with Gasteiger partial charge < -0.3 is 5.32 Å². The van der Waals surface area contributed by atoms with E-state index in [4.69, 9.17) is 0 Å². The van der Waals surface area contributed by atoms with Crippen molar-refractivity contribution in [3.63, 3.8) is 0 Å². The largest absolute Gasteiger partial charge is 0.345 e. The predicted molar refractivity (Wildman–Crippen MR) is 60.0 cm³/mol. The number of rotatable bonds is 1. The van der Waals surface area contributed by atoms with Gasteiger partial charge in [-0.25, -0.2) is 0 Å². The Hall–Kier alpha value is -1.05. The minimum Gasteiger partial charge on any atom is -0.345 e. The standard InChI is InChI=1S/C9H14N2.C2H6/c1-7(2)11-9-8(3)5-4-6-10-9;1-2/h1,3-6H2,2H3,(H,10,11);1-2H3. The summed E-state index contributed by atoms with van der Waals surface area (Å²) in [6.07, 6.45) is 2.18. The molecule has 1 N–H and O–H groups in total. The molecule has 0 bridgehead atoms. The molecule has 0 radical (unpaired) electrons. The molecule has 0 aromatic rings. The highest BCUT2D eigenvalue weighted by Crippen LogP contribution is 2.10. The first kappa shape index (κ1) is 11.9. The summed E-state index contributed by atoms with van der Waals surface area (Å²) in [6, 6.07) is 0. The molecule has 0 aromatic heterocycles. The Morgan fingerprint density at radius 3 is 2.54 bits per heavy atom. The fraction of sp³-hybridized carbons (Fsp3) is 0.545. The molecule has 0 amide bonds. The maximum atomic E-state index is 4.30. The number of nitrogens with zero attached hydrogens (tertiary/aromatic N) is 1. The van der Waals surface area contributed by atoms with Gasteiger partial charge in [0.15, 0.2) is 0 Å². The second-order valence-corrected chi connectivity index (χ2v) is 2.84. The van der Waals surface area contributed by atoms with Gasteiger partial charge in [-0.15, -0.1) is 0 Å². The van der Waals surface area contributed by atoms with Crippen LogP contribution in [0.15, 0.2) is 29.4 Å². The van der Waals surface area contributed by atoms with Gasteiger partial charge in [-0.2, -0.15) is 0 Å². The first-order valence-electron chi connectivity index (χ1n) is 4.85. The minimum atomic E-state index is 0.911. The second-order valence-electron chi connectivity index (χ2n) is 2.84. The van der Waals surface area contributed by atoms with Gasteiger partial charge in [0.2, 0.25) is 0 Å². The lowest BCUT2D eigenvalue weighted by atomic mass is 10.1. The summed E-state index contributed by atoms with van der Waals surface area (Å²) in [5, 5.41) is 3.09.